The lowest BCUT2D eigenvalue weighted by atomic mass is 10.2. The highest BCUT2D eigenvalue weighted by atomic mass is 32.1. The molecule has 2 heterocycles. The summed E-state index contributed by atoms with van der Waals surface area (Å²) in [6.45, 7) is 2.08. The second-order valence-corrected chi connectivity index (χ2v) is 4.28. The minimum Gasteiger partial charge on any atom is -0.490 e. The molecule has 1 unspecified atom stereocenters. The molecule has 0 saturated carbocycles. The van der Waals surface area contributed by atoms with E-state index in [4.69, 9.17) is 10.5 Å². The molecule has 0 aromatic carbocycles. The van der Waals surface area contributed by atoms with Crippen molar-refractivity contribution in [3.8, 4) is 5.75 Å². The van der Waals surface area contributed by atoms with Crippen LogP contribution < -0.4 is 15.8 Å². The van der Waals surface area contributed by atoms with Gasteiger partial charge in [0, 0.05) is 12.4 Å². The Bertz CT molecular complexity index is 467. The summed E-state index contributed by atoms with van der Waals surface area (Å²) in [6.07, 6.45) is 4.43. The highest BCUT2D eigenvalue weighted by Crippen LogP contribution is 2.37. The topological polar surface area (TPSA) is 88.8 Å². The van der Waals surface area contributed by atoms with E-state index in [-0.39, 0.29) is 6.04 Å². The van der Waals surface area contributed by atoms with E-state index in [2.05, 4.69) is 26.6 Å². The lowest BCUT2D eigenvalue weighted by molar-refractivity contribution is 0.419. The molecule has 92 valence electrons. The summed E-state index contributed by atoms with van der Waals surface area (Å²) in [5, 5.41) is 4.16. The molecule has 2 aromatic heterocycles. The molecule has 0 amide bonds. The number of hydrogen-bond acceptors (Lipinski definition) is 6. The van der Waals surface area contributed by atoms with Crippen molar-refractivity contribution in [3.05, 3.63) is 18.2 Å². The van der Waals surface area contributed by atoms with E-state index in [1.807, 2.05) is 0 Å². The third-order valence-electron chi connectivity index (χ3n) is 2.44. The molecule has 1 atom stereocenters. The molecule has 6 nitrogen and oxygen atoms in total. The van der Waals surface area contributed by atoms with Crippen molar-refractivity contribution in [2.45, 2.75) is 19.4 Å². The maximum absolute atomic E-state index is 5.70. The van der Waals surface area contributed by atoms with Crippen molar-refractivity contribution >= 4 is 22.4 Å². The van der Waals surface area contributed by atoms with E-state index in [1.54, 1.807) is 19.5 Å². The lowest BCUT2D eigenvalue weighted by Gasteiger charge is -2.15. The first-order chi connectivity index (χ1) is 8.26. The first kappa shape index (κ1) is 11.7. The number of ether oxygens (including phenoxy) is 1. The van der Waals surface area contributed by atoms with Crippen LogP contribution in [0, 0.1) is 0 Å². The molecule has 0 bridgehead atoms. The fourth-order valence-corrected chi connectivity index (χ4v) is 2.31. The van der Waals surface area contributed by atoms with Crippen molar-refractivity contribution in [1.29, 1.82) is 0 Å². The van der Waals surface area contributed by atoms with Crippen LogP contribution in [-0.2, 0) is 0 Å². The predicted octanol–water partition coefficient (Wildman–Crippen LogP) is 2.02. The van der Waals surface area contributed by atoms with E-state index >= 15 is 0 Å². The zero-order chi connectivity index (χ0) is 12.3. The average molecular weight is 253 g/mol. The number of aromatic nitrogens is 3. The fourth-order valence-electron chi connectivity index (χ4n) is 1.57. The molecule has 2 aromatic rings. The van der Waals surface area contributed by atoms with Crippen molar-refractivity contribution < 1.29 is 4.74 Å². The highest BCUT2D eigenvalue weighted by molar-refractivity contribution is 7.11. The van der Waals surface area contributed by atoms with Gasteiger partial charge in [0.15, 0.2) is 16.6 Å². The second-order valence-electron chi connectivity index (χ2n) is 3.51. The summed E-state index contributed by atoms with van der Waals surface area (Å²) in [6, 6.07) is 0.0961. The standard InChI is InChI=1S/C10H15N5OS/c1-3-6(9-12-4-5-13-9)14-10-7(16-2)8(11)15-17-10/h4-6,14H,3H2,1-2H3,(H2,11,15)(H,12,13). The van der Waals surface area contributed by atoms with Crippen molar-refractivity contribution in [1.82, 2.24) is 14.3 Å². The minimum atomic E-state index is 0.0961. The number of nitrogens with two attached hydrogens (primary N) is 1. The van der Waals surface area contributed by atoms with Gasteiger partial charge in [0.05, 0.1) is 13.2 Å². The Kier molecular flexibility index (Phi) is 3.48. The maximum atomic E-state index is 5.70. The molecule has 7 heteroatoms. The zero-order valence-electron chi connectivity index (χ0n) is 9.73. The van der Waals surface area contributed by atoms with Gasteiger partial charge >= 0.3 is 0 Å². The summed E-state index contributed by atoms with van der Waals surface area (Å²) in [5.74, 6) is 1.90. The molecular formula is C10H15N5OS. The SMILES string of the molecule is CCC(Nc1snc(N)c1OC)c1ncc[nH]1. The number of imidazole rings is 1. The largest absolute Gasteiger partial charge is 0.490 e. The summed E-state index contributed by atoms with van der Waals surface area (Å²) in [7, 11) is 1.58. The number of H-pyrrole nitrogens is 1. The molecule has 0 radical (unpaired) electrons. The second kappa shape index (κ2) is 5.05. The lowest BCUT2D eigenvalue weighted by Crippen LogP contribution is -2.11. The van der Waals surface area contributed by atoms with Gasteiger partial charge in [-0.3, -0.25) is 0 Å². The number of methoxy groups -OCH3 is 1. The van der Waals surface area contributed by atoms with E-state index in [0.29, 0.717) is 11.6 Å². The van der Waals surface area contributed by atoms with Gasteiger partial charge in [-0.1, -0.05) is 6.92 Å². The highest BCUT2D eigenvalue weighted by Gasteiger charge is 2.17. The Morgan fingerprint density at radius 2 is 2.47 bits per heavy atom. The van der Waals surface area contributed by atoms with Gasteiger partial charge in [0.25, 0.3) is 0 Å². The Morgan fingerprint density at radius 3 is 3.06 bits per heavy atom. The molecule has 0 aliphatic heterocycles. The van der Waals surface area contributed by atoms with Crippen LogP contribution in [0.15, 0.2) is 12.4 Å². The Morgan fingerprint density at radius 1 is 1.65 bits per heavy atom. The number of rotatable bonds is 5. The predicted molar refractivity (Wildman–Crippen MR) is 68.3 cm³/mol. The number of hydrogen-bond donors (Lipinski definition) is 3. The number of nitrogens with zero attached hydrogens (tertiary/aromatic N) is 2. The molecule has 2 rings (SSSR count). The monoisotopic (exact) mass is 253 g/mol. The fraction of sp³-hybridized carbons (Fsp3) is 0.400. The molecule has 4 N–H and O–H groups in total. The Labute approximate surface area is 103 Å². The van der Waals surface area contributed by atoms with Gasteiger partial charge < -0.3 is 20.8 Å². The van der Waals surface area contributed by atoms with Gasteiger partial charge in [-0.2, -0.15) is 4.37 Å². The molecule has 0 aliphatic carbocycles. The zero-order valence-corrected chi connectivity index (χ0v) is 10.5. The van der Waals surface area contributed by atoms with Crippen LogP contribution in [-0.4, -0.2) is 21.5 Å². The summed E-state index contributed by atoms with van der Waals surface area (Å²) < 4.78 is 9.27. The van der Waals surface area contributed by atoms with Crippen LogP contribution in [0.3, 0.4) is 0 Å². The van der Waals surface area contributed by atoms with E-state index in [0.717, 1.165) is 17.2 Å². The molecular weight excluding hydrogens is 238 g/mol. The first-order valence-corrected chi connectivity index (χ1v) is 6.08. The van der Waals surface area contributed by atoms with E-state index in [9.17, 15) is 0 Å². The Hall–Kier alpha value is -1.76. The van der Waals surface area contributed by atoms with Crippen LogP contribution in [0.4, 0.5) is 10.8 Å². The minimum absolute atomic E-state index is 0.0961. The number of aromatic amines is 1. The van der Waals surface area contributed by atoms with Crippen molar-refractivity contribution in [3.63, 3.8) is 0 Å². The third-order valence-corrected chi connectivity index (χ3v) is 3.22. The summed E-state index contributed by atoms with van der Waals surface area (Å²) >= 11 is 1.29. The number of nitrogen functional groups attached to an aromatic ring is 1. The molecule has 0 spiro atoms. The van der Waals surface area contributed by atoms with Crippen LogP contribution >= 0.6 is 11.5 Å². The van der Waals surface area contributed by atoms with Crippen molar-refractivity contribution in [2.75, 3.05) is 18.2 Å². The number of anilines is 2. The van der Waals surface area contributed by atoms with Gasteiger partial charge in [0.2, 0.25) is 0 Å². The van der Waals surface area contributed by atoms with Crippen molar-refractivity contribution in [2.24, 2.45) is 0 Å². The smallest absolute Gasteiger partial charge is 0.197 e. The molecule has 0 saturated heterocycles. The maximum Gasteiger partial charge on any atom is 0.197 e. The van der Waals surface area contributed by atoms with E-state index < -0.39 is 0 Å². The third kappa shape index (κ3) is 2.33. The van der Waals surface area contributed by atoms with Gasteiger partial charge in [-0.15, -0.1) is 0 Å². The summed E-state index contributed by atoms with van der Waals surface area (Å²) in [5.41, 5.74) is 5.70. The molecule has 17 heavy (non-hydrogen) atoms. The normalized spacial score (nSPS) is 12.4. The first-order valence-electron chi connectivity index (χ1n) is 5.31. The van der Waals surface area contributed by atoms with Gasteiger partial charge in [-0.25, -0.2) is 4.98 Å². The van der Waals surface area contributed by atoms with Gasteiger partial charge in [0.1, 0.15) is 5.82 Å². The van der Waals surface area contributed by atoms with Crippen LogP contribution in [0.25, 0.3) is 0 Å². The van der Waals surface area contributed by atoms with Crippen LogP contribution in [0.2, 0.25) is 0 Å². The van der Waals surface area contributed by atoms with Crippen LogP contribution in [0.1, 0.15) is 25.2 Å². The summed E-state index contributed by atoms with van der Waals surface area (Å²) in [4.78, 5) is 7.33. The van der Waals surface area contributed by atoms with Gasteiger partial charge in [-0.05, 0) is 18.0 Å². The van der Waals surface area contributed by atoms with E-state index in [1.165, 1.54) is 11.5 Å². The quantitative estimate of drug-likeness (QED) is 0.758. The molecule has 0 aliphatic rings. The Balaban J connectivity index is 2.18. The van der Waals surface area contributed by atoms with Crippen LogP contribution in [0.5, 0.6) is 5.75 Å². The average Bonchev–Trinajstić information content (AvgIpc) is 2.95. The number of nitrogens with one attached hydrogen (secondary N) is 2. The molecule has 0 fully saturated rings.